The average molecular weight is 568 g/mol. The van der Waals surface area contributed by atoms with E-state index in [0.717, 1.165) is 7.53 Å². The molecule has 0 aromatic carbocycles. The minimum atomic E-state index is -0.279. The molecule has 132 valence electrons. The van der Waals surface area contributed by atoms with Crippen LogP contribution in [0.5, 0.6) is 0 Å². The van der Waals surface area contributed by atoms with Gasteiger partial charge in [-0.25, -0.2) is 10.9 Å². The number of carbonyl (C=O) groups is 2. The molecule has 0 saturated carbocycles. The highest BCUT2D eigenvalue weighted by atomic mass is 127. The number of hydrazone groups is 2. The van der Waals surface area contributed by atoms with E-state index in [4.69, 9.17) is 8.83 Å². The minimum Gasteiger partial charge on any atom is -0.449 e. The largest absolute Gasteiger partial charge is 0.449 e. The van der Waals surface area contributed by atoms with Crippen molar-refractivity contribution in [2.75, 3.05) is 0 Å². The van der Waals surface area contributed by atoms with Gasteiger partial charge in [0.25, 0.3) is 0 Å². The van der Waals surface area contributed by atoms with Crippen LogP contribution in [0.4, 0.5) is 0 Å². The van der Waals surface area contributed by atoms with E-state index in [1.54, 1.807) is 24.3 Å². The van der Waals surface area contributed by atoms with Crippen LogP contribution in [0.25, 0.3) is 0 Å². The zero-order valence-electron chi connectivity index (χ0n) is 12.9. The molecule has 0 aliphatic rings. The molecule has 2 aromatic rings. The Labute approximate surface area is 170 Å². The molecule has 0 spiro atoms. The molecule has 2 amide bonds. The van der Waals surface area contributed by atoms with Gasteiger partial charge in [-0.3, -0.25) is 9.59 Å². The van der Waals surface area contributed by atoms with Crippen LogP contribution in [0.1, 0.15) is 30.8 Å². The zero-order chi connectivity index (χ0) is 18.1. The van der Waals surface area contributed by atoms with Crippen molar-refractivity contribution in [2.24, 2.45) is 10.2 Å². The Bertz CT molecular complexity index is 718. The van der Waals surface area contributed by atoms with Crippen LogP contribution in [-0.2, 0) is 9.59 Å². The lowest BCUT2D eigenvalue weighted by molar-refractivity contribution is -0.122. The molecular formula is C15H14I2N4O4. The lowest BCUT2D eigenvalue weighted by atomic mass is 10.2. The van der Waals surface area contributed by atoms with E-state index in [0.29, 0.717) is 17.9 Å². The van der Waals surface area contributed by atoms with Gasteiger partial charge < -0.3 is 8.83 Å². The summed E-state index contributed by atoms with van der Waals surface area (Å²) in [5.74, 6) is 0.541. The highest BCUT2D eigenvalue weighted by Gasteiger charge is 2.04. The maximum absolute atomic E-state index is 11.6. The molecule has 0 atom stereocenters. The summed E-state index contributed by atoms with van der Waals surface area (Å²) in [5.41, 5.74) is 4.75. The first-order valence-corrected chi connectivity index (χ1v) is 9.33. The first-order chi connectivity index (χ1) is 12.0. The van der Waals surface area contributed by atoms with Gasteiger partial charge >= 0.3 is 0 Å². The van der Waals surface area contributed by atoms with Crippen molar-refractivity contribution in [3.05, 3.63) is 43.3 Å². The van der Waals surface area contributed by atoms with Crippen molar-refractivity contribution >= 4 is 69.4 Å². The number of carbonyl (C=O) groups excluding carboxylic acids is 2. The average Bonchev–Trinajstić information content (AvgIpc) is 3.16. The van der Waals surface area contributed by atoms with Crippen molar-refractivity contribution in [1.82, 2.24) is 10.9 Å². The second-order valence-electron chi connectivity index (χ2n) is 4.72. The Morgan fingerprint density at radius 1 is 0.880 bits per heavy atom. The molecule has 0 radical (unpaired) electrons. The second kappa shape index (κ2) is 10.3. The fraction of sp³-hybridized carbons (Fsp3) is 0.200. The first kappa shape index (κ1) is 19.6. The molecule has 10 heteroatoms. The number of nitrogens with zero attached hydrogens (tertiary/aromatic N) is 2. The minimum absolute atomic E-state index is 0.181. The molecule has 0 aliphatic carbocycles. The van der Waals surface area contributed by atoms with E-state index in [2.05, 4.69) is 21.1 Å². The molecule has 8 nitrogen and oxygen atoms in total. The van der Waals surface area contributed by atoms with Gasteiger partial charge in [-0.05, 0) is 75.9 Å². The van der Waals surface area contributed by atoms with Crippen LogP contribution in [0, 0.1) is 7.53 Å². The third-order valence-corrected chi connectivity index (χ3v) is 3.92. The van der Waals surface area contributed by atoms with Gasteiger partial charge in [0.2, 0.25) is 11.8 Å². The van der Waals surface area contributed by atoms with E-state index in [1.807, 2.05) is 45.2 Å². The molecule has 2 rings (SSSR count). The van der Waals surface area contributed by atoms with E-state index in [1.165, 1.54) is 12.4 Å². The quantitative estimate of drug-likeness (QED) is 0.290. The standard InChI is InChI=1S/C15H14I2N4O4/c16-12-6-4-10(24-12)8-18-20-14(22)2-1-3-15(23)21-19-9-11-5-7-13(17)25-11/h4-9H,1-3H2,(H,20,22)(H,21,23). The Morgan fingerprint density at radius 2 is 1.32 bits per heavy atom. The summed E-state index contributed by atoms with van der Waals surface area (Å²) in [7, 11) is 0. The predicted molar refractivity (Wildman–Crippen MR) is 108 cm³/mol. The van der Waals surface area contributed by atoms with Gasteiger partial charge in [0.05, 0.1) is 12.4 Å². The summed E-state index contributed by atoms with van der Waals surface area (Å²) in [5, 5.41) is 7.56. The molecule has 2 N–H and O–H groups in total. The van der Waals surface area contributed by atoms with Crippen molar-refractivity contribution in [3.63, 3.8) is 0 Å². The SMILES string of the molecule is O=C(CCCC(=O)NN=Cc1ccc(I)o1)NN=Cc1ccc(I)o1. The Kier molecular flexibility index (Phi) is 8.11. The van der Waals surface area contributed by atoms with Crippen LogP contribution in [0.2, 0.25) is 0 Å². The number of nitrogens with one attached hydrogen (secondary N) is 2. The second-order valence-corrected chi connectivity index (χ2v) is 6.85. The van der Waals surface area contributed by atoms with Crippen LogP contribution < -0.4 is 10.9 Å². The number of furan rings is 2. The summed E-state index contributed by atoms with van der Waals surface area (Å²) in [6, 6.07) is 7.06. The molecule has 0 unspecified atom stereocenters. The van der Waals surface area contributed by atoms with Crippen LogP contribution in [0.15, 0.2) is 43.3 Å². The van der Waals surface area contributed by atoms with Crippen molar-refractivity contribution in [3.8, 4) is 0 Å². The molecule has 2 aromatic heterocycles. The highest BCUT2D eigenvalue weighted by Crippen LogP contribution is 2.08. The van der Waals surface area contributed by atoms with Gasteiger partial charge in [-0.1, -0.05) is 0 Å². The van der Waals surface area contributed by atoms with E-state index >= 15 is 0 Å². The lowest BCUT2D eigenvalue weighted by Gasteiger charge is -2.00. The highest BCUT2D eigenvalue weighted by molar-refractivity contribution is 14.1. The van der Waals surface area contributed by atoms with Gasteiger partial charge in [-0.2, -0.15) is 10.2 Å². The van der Waals surface area contributed by atoms with E-state index < -0.39 is 0 Å². The predicted octanol–water partition coefficient (Wildman–Crippen LogP) is 2.85. The summed E-state index contributed by atoms with van der Waals surface area (Å²) in [6.07, 6.45) is 3.58. The third kappa shape index (κ3) is 7.81. The molecule has 0 saturated heterocycles. The summed E-state index contributed by atoms with van der Waals surface area (Å²) >= 11 is 4.07. The third-order valence-electron chi connectivity index (χ3n) is 2.76. The van der Waals surface area contributed by atoms with Crippen molar-refractivity contribution in [1.29, 1.82) is 0 Å². The number of hydrogen-bond acceptors (Lipinski definition) is 6. The van der Waals surface area contributed by atoms with Gasteiger partial charge in [0.15, 0.2) is 7.53 Å². The maximum Gasteiger partial charge on any atom is 0.240 e. The summed E-state index contributed by atoms with van der Waals surface area (Å²) < 4.78 is 12.0. The molecule has 0 aliphatic heterocycles. The first-order valence-electron chi connectivity index (χ1n) is 7.17. The smallest absolute Gasteiger partial charge is 0.240 e. The van der Waals surface area contributed by atoms with Gasteiger partial charge in [0.1, 0.15) is 11.5 Å². The zero-order valence-corrected chi connectivity index (χ0v) is 17.2. The Hall–Kier alpha value is -1.70. The van der Waals surface area contributed by atoms with E-state index in [-0.39, 0.29) is 24.7 Å². The van der Waals surface area contributed by atoms with Gasteiger partial charge in [0, 0.05) is 12.8 Å². The number of hydrogen-bond donors (Lipinski definition) is 2. The number of rotatable bonds is 8. The van der Waals surface area contributed by atoms with Crippen LogP contribution >= 0.6 is 45.2 Å². The van der Waals surface area contributed by atoms with Crippen molar-refractivity contribution < 1.29 is 18.4 Å². The summed E-state index contributed by atoms with van der Waals surface area (Å²) in [4.78, 5) is 23.2. The molecule has 0 fully saturated rings. The normalized spacial score (nSPS) is 11.3. The maximum atomic E-state index is 11.6. The molecule has 25 heavy (non-hydrogen) atoms. The molecule has 0 bridgehead atoms. The summed E-state index contributed by atoms with van der Waals surface area (Å²) in [6.45, 7) is 0. The Morgan fingerprint density at radius 3 is 1.68 bits per heavy atom. The fourth-order valence-electron chi connectivity index (χ4n) is 1.65. The monoisotopic (exact) mass is 568 g/mol. The van der Waals surface area contributed by atoms with Crippen LogP contribution in [-0.4, -0.2) is 24.2 Å². The molecular weight excluding hydrogens is 554 g/mol. The van der Waals surface area contributed by atoms with E-state index in [9.17, 15) is 9.59 Å². The molecule has 2 heterocycles. The fourth-order valence-corrected chi connectivity index (χ4v) is 2.52. The number of amides is 2. The lowest BCUT2D eigenvalue weighted by Crippen LogP contribution is -2.20. The number of halogens is 2. The topological polar surface area (TPSA) is 109 Å². The van der Waals surface area contributed by atoms with Gasteiger partial charge in [-0.15, -0.1) is 0 Å². The van der Waals surface area contributed by atoms with Crippen LogP contribution in [0.3, 0.4) is 0 Å². The van der Waals surface area contributed by atoms with Crippen molar-refractivity contribution in [2.45, 2.75) is 19.3 Å². The Balaban J connectivity index is 1.59.